The first-order chi connectivity index (χ1) is 14.7. The van der Waals surface area contributed by atoms with Gasteiger partial charge in [0.15, 0.2) is 0 Å². The summed E-state index contributed by atoms with van der Waals surface area (Å²) in [5, 5.41) is 3.23. The summed E-state index contributed by atoms with van der Waals surface area (Å²) < 4.78 is 5.67. The van der Waals surface area contributed by atoms with Crippen LogP contribution in [-0.4, -0.2) is 42.3 Å². The molecule has 3 aliphatic carbocycles. The van der Waals surface area contributed by atoms with Gasteiger partial charge >= 0.3 is 6.09 Å². The van der Waals surface area contributed by atoms with Gasteiger partial charge in [-0.15, -0.1) is 0 Å². The van der Waals surface area contributed by atoms with Crippen molar-refractivity contribution in [2.24, 2.45) is 0 Å². The van der Waals surface area contributed by atoms with Crippen LogP contribution in [0.3, 0.4) is 0 Å². The topological polar surface area (TPSA) is 41.6 Å². The van der Waals surface area contributed by atoms with Crippen molar-refractivity contribution in [1.82, 2.24) is 10.2 Å². The van der Waals surface area contributed by atoms with Gasteiger partial charge in [0.25, 0.3) is 0 Å². The van der Waals surface area contributed by atoms with Crippen LogP contribution in [0.15, 0.2) is 24.3 Å². The average molecular weight is 411 g/mol. The number of nitrogens with zero attached hydrogens (tertiary/aromatic N) is 1. The Morgan fingerprint density at radius 3 is 2.53 bits per heavy atom. The zero-order valence-corrected chi connectivity index (χ0v) is 18.4. The van der Waals surface area contributed by atoms with Crippen molar-refractivity contribution < 1.29 is 9.53 Å². The van der Waals surface area contributed by atoms with E-state index in [1.54, 1.807) is 11.1 Å². The van der Waals surface area contributed by atoms with Gasteiger partial charge in [-0.05, 0) is 100 Å². The molecule has 4 aliphatic rings. The molecule has 3 fully saturated rings. The molecule has 0 bridgehead atoms. The molecule has 1 aliphatic heterocycles. The van der Waals surface area contributed by atoms with Crippen LogP contribution in [0.2, 0.25) is 0 Å². The summed E-state index contributed by atoms with van der Waals surface area (Å²) in [6.45, 7) is 2.41. The molecular formula is C26H38N2O2. The molecule has 30 heavy (non-hydrogen) atoms. The van der Waals surface area contributed by atoms with E-state index < -0.39 is 0 Å². The zero-order chi connectivity index (χ0) is 20.4. The standard InChI is InChI=1S/C26H38N2O2/c29-25(30-23-10-4-5-11-23)27-21-8-2-3-9-22(19-21)28-17-15-26(16-18-28)14-13-20-7-1-6-12-24(20)26/h1,6-7,12,21-23H,2-5,8-11,13-19H2,(H,27,29). The first kappa shape index (κ1) is 20.4. The molecule has 1 N–H and O–H groups in total. The Morgan fingerprint density at radius 1 is 0.967 bits per heavy atom. The third kappa shape index (κ3) is 4.26. The number of amides is 1. The number of hydrogen-bond acceptors (Lipinski definition) is 3. The van der Waals surface area contributed by atoms with E-state index in [9.17, 15) is 4.79 Å². The maximum Gasteiger partial charge on any atom is 0.407 e. The molecule has 1 amide bonds. The molecule has 1 aromatic rings. The predicted octanol–water partition coefficient (Wildman–Crippen LogP) is 5.34. The number of benzene rings is 1. The van der Waals surface area contributed by atoms with Gasteiger partial charge in [-0.2, -0.15) is 0 Å². The summed E-state index contributed by atoms with van der Waals surface area (Å²) in [5.41, 5.74) is 3.66. The Kier molecular flexibility index (Phi) is 6.04. The maximum atomic E-state index is 12.4. The molecule has 164 valence electrons. The van der Waals surface area contributed by atoms with E-state index in [1.165, 1.54) is 70.9 Å². The van der Waals surface area contributed by atoms with Gasteiger partial charge in [-0.25, -0.2) is 4.79 Å². The Morgan fingerprint density at radius 2 is 1.70 bits per heavy atom. The summed E-state index contributed by atoms with van der Waals surface area (Å²) in [6, 6.07) is 10.0. The smallest absolute Gasteiger partial charge is 0.407 e. The molecule has 5 rings (SSSR count). The van der Waals surface area contributed by atoms with Crippen LogP contribution in [0.5, 0.6) is 0 Å². The predicted molar refractivity (Wildman–Crippen MR) is 120 cm³/mol. The van der Waals surface area contributed by atoms with Crippen molar-refractivity contribution in [1.29, 1.82) is 0 Å². The summed E-state index contributed by atoms with van der Waals surface area (Å²) in [4.78, 5) is 15.1. The third-order valence-corrected chi connectivity index (χ3v) is 8.53. The van der Waals surface area contributed by atoms with Gasteiger partial charge < -0.3 is 15.0 Å². The molecular weight excluding hydrogens is 372 g/mol. The van der Waals surface area contributed by atoms with Crippen LogP contribution in [0.4, 0.5) is 4.79 Å². The lowest BCUT2D eigenvalue weighted by Gasteiger charge is -2.43. The van der Waals surface area contributed by atoms with Crippen molar-refractivity contribution in [3.05, 3.63) is 35.4 Å². The maximum absolute atomic E-state index is 12.4. The van der Waals surface area contributed by atoms with Crippen molar-refractivity contribution in [2.45, 2.75) is 107 Å². The van der Waals surface area contributed by atoms with Crippen molar-refractivity contribution in [3.8, 4) is 0 Å². The normalized spacial score (nSPS) is 29.5. The van der Waals surface area contributed by atoms with Gasteiger partial charge in [0, 0.05) is 12.1 Å². The van der Waals surface area contributed by atoms with Gasteiger partial charge in [0.05, 0.1) is 0 Å². The average Bonchev–Trinajstić information content (AvgIpc) is 3.32. The summed E-state index contributed by atoms with van der Waals surface area (Å²) in [7, 11) is 0. The van der Waals surface area contributed by atoms with Crippen molar-refractivity contribution >= 4 is 6.09 Å². The second kappa shape index (κ2) is 8.90. The van der Waals surface area contributed by atoms with E-state index in [-0.39, 0.29) is 18.2 Å². The van der Waals surface area contributed by atoms with Crippen LogP contribution < -0.4 is 5.32 Å². The number of hydrogen-bond donors (Lipinski definition) is 1. The Balaban J connectivity index is 1.16. The van der Waals surface area contributed by atoms with Crippen LogP contribution in [0, 0.1) is 0 Å². The quantitative estimate of drug-likeness (QED) is 0.684. The second-order valence-corrected chi connectivity index (χ2v) is 10.3. The van der Waals surface area contributed by atoms with Gasteiger partial charge in [-0.1, -0.05) is 37.1 Å². The molecule has 1 spiro atoms. The van der Waals surface area contributed by atoms with Crippen molar-refractivity contribution in [3.63, 3.8) is 0 Å². The zero-order valence-electron chi connectivity index (χ0n) is 18.4. The number of nitrogens with one attached hydrogen (secondary N) is 1. The fourth-order valence-electron chi connectivity index (χ4n) is 6.76. The minimum Gasteiger partial charge on any atom is -0.446 e. The van der Waals surface area contributed by atoms with E-state index in [4.69, 9.17) is 4.74 Å². The molecule has 0 radical (unpaired) electrons. The lowest BCUT2D eigenvalue weighted by atomic mass is 9.73. The number of alkyl carbamates (subject to hydrolysis) is 1. The third-order valence-electron chi connectivity index (χ3n) is 8.53. The number of rotatable bonds is 3. The Hall–Kier alpha value is -1.55. The summed E-state index contributed by atoms with van der Waals surface area (Å²) >= 11 is 0. The van der Waals surface area contributed by atoms with E-state index in [0.717, 1.165) is 25.7 Å². The summed E-state index contributed by atoms with van der Waals surface area (Å²) in [6.07, 6.45) is 15.6. The summed E-state index contributed by atoms with van der Waals surface area (Å²) in [5.74, 6) is 0. The minimum absolute atomic E-state index is 0.152. The number of fused-ring (bicyclic) bond motifs is 2. The lowest BCUT2D eigenvalue weighted by molar-refractivity contribution is 0.0877. The molecule has 2 unspecified atom stereocenters. The van der Waals surface area contributed by atoms with E-state index >= 15 is 0 Å². The Bertz CT molecular complexity index is 734. The molecule has 2 saturated carbocycles. The molecule has 2 atom stereocenters. The van der Waals surface area contributed by atoms with Crippen LogP contribution in [0.1, 0.15) is 88.2 Å². The lowest BCUT2D eigenvalue weighted by Crippen LogP contribution is -2.48. The molecule has 4 nitrogen and oxygen atoms in total. The number of ether oxygens (including phenoxy) is 1. The minimum atomic E-state index is -0.173. The highest BCUT2D eigenvalue weighted by Crippen LogP contribution is 2.46. The molecule has 1 aromatic carbocycles. The van der Waals surface area contributed by atoms with Crippen LogP contribution in [-0.2, 0) is 16.6 Å². The second-order valence-electron chi connectivity index (χ2n) is 10.3. The highest BCUT2D eigenvalue weighted by Gasteiger charge is 2.42. The number of likely N-dealkylation sites (tertiary alicyclic amines) is 1. The van der Waals surface area contributed by atoms with Crippen LogP contribution >= 0.6 is 0 Å². The van der Waals surface area contributed by atoms with Gasteiger partial charge in [-0.3, -0.25) is 0 Å². The molecule has 1 heterocycles. The molecule has 1 saturated heterocycles. The van der Waals surface area contributed by atoms with E-state index in [2.05, 4.69) is 34.5 Å². The van der Waals surface area contributed by atoms with Crippen LogP contribution in [0.25, 0.3) is 0 Å². The molecule has 4 heteroatoms. The number of piperidine rings is 1. The van der Waals surface area contributed by atoms with Gasteiger partial charge in [0.1, 0.15) is 6.10 Å². The fourth-order valence-corrected chi connectivity index (χ4v) is 6.76. The number of aryl methyl sites for hydroxylation is 1. The molecule has 0 aromatic heterocycles. The fraction of sp³-hybridized carbons (Fsp3) is 0.731. The Labute approximate surface area is 181 Å². The number of carbonyl (C=O) groups is 1. The highest BCUT2D eigenvalue weighted by atomic mass is 16.6. The van der Waals surface area contributed by atoms with E-state index in [0.29, 0.717) is 11.5 Å². The number of carbonyl (C=O) groups excluding carboxylic acids is 1. The largest absolute Gasteiger partial charge is 0.446 e. The monoisotopic (exact) mass is 410 g/mol. The van der Waals surface area contributed by atoms with Gasteiger partial charge in [0.2, 0.25) is 0 Å². The SMILES string of the molecule is O=C(NC1CCCCC(N2CCC3(CCc4ccccc43)CC2)C1)OC1CCCC1. The van der Waals surface area contributed by atoms with Crippen molar-refractivity contribution in [2.75, 3.05) is 13.1 Å². The first-order valence-electron chi connectivity index (χ1n) is 12.5. The highest BCUT2D eigenvalue weighted by molar-refractivity contribution is 5.67. The van der Waals surface area contributed by atoms with E-state index in [1.807, 2.05) is 0 Å². The first-order valence-corrected chi connectivity index (χ1v) is 12.5.